The van der Waals surface area contributed by atoms with Crippen molar-refractivity contribution in [1.29, 1.82) is 0 Å². The van der Waals surface area contributed by atoms with Crippen molar-refractivity contribution in [1.82, 2.24) is 15.3 Å². The standard InChI is InChI=1S/C18H17N3O3/c1-11(18(23)24-2)19-17(22)13-8-4-3-7-12(13)16-20-14-9-5-6-10-15(14)21-16/h3-11H,1-2H3,(H,19,22)(H,20,21). The van der Waals surface area contributed by atoms with Crippen LogP contribution in [-0.2, 0) is 9.53 Å². The van der Waals surface area contributed by atoms with Crippen molar-refractivity contribution in [3.63, 3.8) is 0 Å². The summed E-state index contributed by atoms with van der Waals surface area (Å²) < 4.78 is 4.63. The molecule has 1 atom stereocenters. The summed E-state index contributed by atoms with van der Waals surface area (Å²) in [4.78, 5) is 31.8. The monoisotopic (exact) mass is 323 g/mol. The number of carbonyl (C=O) groups is 2. The van der Waals surface area contributed by atoms with E-state index in [1.165, 1.54) is 7.11 Å². The number of aromatic amines is 1. The maximum absolute atomic E-state index is 12.5. The maximum Gasteiger partial charge on any atom is 0.328 e. The molecule has 1 amide bonds. The van der Waals surface area contributed by atoms with Crippen LogP contribution in [0.5, 0.6) is 0 Å². The first-order valence-corrected chi connectivity index (χ1v) is 7.53. The molecular formula is C18H17N3O3. The van der Waals surface area contributed by atoms with E-state index in [1.54, 1.807) is 19.1 Å². The molecule has 2 aromatic carbocycles. The fraction of sp³-hybridized carbons (Fsp3) is 0.167. The number of hydrogen-bond acceptors (Lipinski definition) is 4. The van der Waals surface area contributed by atoms with Crippen molar-refractivity contribution in [2.24, 2.45) is 0 Å². The Labute approximate surface area is 138 Å². The molecule has 6 nitrogen and oxygen atoms in total. The second kappa shape index (κ2) is 6.54. The Hall–Kier alpha value is -3.15. The smallest absolute Gasteiger partial charge is 0.328 e. The minimum absolute atomic E-state index is 0.357. The van der Waals surface area contributed by atoms with Crippen molar-refractivity contribution in [2.45, 2.75) is 13.0 Å². The highest BCUT2D eigenvalue weighted by molar-refractivity contribution is 6.02. The molecule has 0 radical (unpaired) electrons. The fourth-order valence-electron chi connectivity index (χ4n) is 2.48. The van der Waals surface area contributed by atoms with Crippen molar-refractivity contribution in [2.75, 3.05) is 7.11 Å². The van der Waals surface area contributed by atoms with Gasteiger partial charge in [0.05, 0.1) is 23.7 Å². The van der Waals surface area contributed by atoms with E-state index in [1.807, 2.05) is 36.4 Å². The van der Waals surface area contributed by atoms with Gasteiger partial charge in [0.2, 0.25) is 0 Å². The number of amides is 1. The number of benzene rings is 2. The summed E-state index contributed by atoms with van der Waals surface area (Å²) in [6, 6.07) is 14.0. The summed E-state index contributed by atoms with van der Waals surface area (Å²) >= 11 is 0. The maximum atomic E-state index is 12.5. The van der Waals surface area contributed by atoms with Gasteiger partial charge >= 0.3 is 5.97 Å². The van der Waals surface area contributed by atoms with E-state index < -0.39 is 12.0 Å². The number of esters is 1. The third kappa shape index (κ3) is 2.99. The number of methoxy groups -OCH3 is 1. The minimum atomic E-state index is -0.730. The lowest BCUT2D eigenvalue weighted by Crippen LogP contribution is -2.39. The predicted octanol–water partition coefficient (Wildman–Crippen LogP) is 2.52. The number of carbonyl (C=O) groups excluding carboxylic acids is 2. The molecular weight excluding hydrogens is 306 g/mol. The molecule has 1 unspecified atom stereocenters. The first-order chi connectivity index (χ1) is 11.6. The van der Waals surface area contributed by atoms with Crippen molar-refractivity contribution in [3.8, 4) is 11.4 Å². The van der Waals surface area contributed by atoms with Gasteiger partial charge in [-0.1, -0.05) is 30.3 Å². The highest BCUT2D eigenvalue weighted by atomic mass is 16.5. The number of fused-ring (bicyclic) bond motifs is 1. The van der Waals surface area contributed by atoms with Crippen LogP contribution in [0.15, 0.2) is 48.5 Å². The first kappa shape index (κ1) is 15.7. The van der Waals surface area contributed by atoms with E-state index in [0.29, 0.717) is 17.0 Å². The van der Waals surface area contributed by atoms with E-state index in [9.17, 15) is 9.59 Å². The molecule has 0 saturated heterocycles. The average molecular weight is 323 g/mol. The average Bonchev–Trinajstić information content (AvgIpc) is 3.04. The number of ether oxygens (including phenoxy) is 1. The Morgan fingerprint density at radius 3 is 2.58 bits per heavy atom. The van der Waals surface area contributed by atoms with E-state index in [4.69, 9.17) is 0 Å². The third-order valence-corrected chi connectivity index (χ3v) is 3.72. The van der Waals surface area contributed by atoms with E-state index in [2.05, 4.69) is 20.0 Å². The van der Waals surface area contributed by atoms with Gasteiger partial charge in [0.25, 0.3) is 5.91 Å². The molecule has 1 heterocycles. The molecule has 24 heavy (non-hydrogen) atoms. The van der Waals surface area contributed by atoms with Gasteiger partial charge in [0.15, 0.2) is 0 Å². The van der Waals surface area contributed by atoms with Crippen molar-refractivity contribution >= 4 is 22.9 Å². The highest BCUT2D eigenvalue weighted by Crippen LogP contribution is 2.23. The Balaban J connectivity index is 1.96. The zero-order valence-corrected chi connectivity index (χ0v) is 13.4. The Kier molecular flexibility index (Phi) is 4.29. The number of imidazole rings is 1. The Morgan fingerprint density at radius 2 is 1.83 bits per heavy atom. The molecule has 1 aromatic heterocycles. The van der Waals surface area contributed by atoms with Gasteiger partial charge in [0, 0.05) is 5.56 Å². The normalized spacial score (nSPS) is 11.9. The number of hydrogen-bond donors (Lipinski definition) is 2. The van der Waals surface area contributed by atoms with Crippen LogP contribution in [0.3, 0.4) is 0 Å². The topological polar surface area (TPSA) is 84.1 Å². The molecule has 6 heteroatoms. The molecule has 122 valence electrons. The second-order valence-corrected chi connectivity index (χ2v) is 5.37. The van der Waals surface area contributed by atoms with Crippen LogP contribution in [-0.4, -0.2) is 35.0 Å². The number of rotatable bonds is 4. The number of nitrogens with zero attached hydrogens (tertiary/aromatic N) is 1. The van der Waals surface area contributed by atoms with E-state index in [-0.39, 0.29) is 5.91 Å². The molecule has 0 fully saturated rings. The van der Waals surface area contributed by atoms with Crippen LogP contribution in [0.2, 0.25) is 0 Å². The zero-order valence-electron chi connectivity index (χ0n) is 13.4. The van der Waals surface area contributed by atoms with Crippen LogP contribution in [0.4, 0.5) is 0 Å². The molecule has 0 saturated carbocycles. The molecule has 0 aliphatic carbocycles. The minimum Gasteiger partial charge on any atom is -0.467 e. The first-order valence-electron chi connectivity index (χ1n) is 7.53. The lowest BCUT2D eigenvalue weighted by molar-refractivity contribution is -0.142. The van der Waals surface area contributed by atoms with Gasteiger partial charge < -0.3 is 15.0 Å². The summed E-state index contributed by atoms with van der Waals surface area (Å²) in [6.07, 6.45) is 0. The van der Waals surface area contributed by atoms with Crippen molar-refractivity contribution < 1.29 is 14.3 Å². The van der Waals surface area contributed by atoms with Crippen LogP contribution >= 0.6 is 0 Å². The number of aromatic nitrogens is 2. The summed E-state index contributed by atoms with van der Waals surface area (Å²) in [6.45, 7) is 1.58. The second-order valence-electron chi connectivity index (χ2n) is 5.37. The van der Waals surface area contributed by atoms with Gasteiger partial charge in [-0.15, -0.1) is 0 Å². The zero-order chi connectivity index (χ0) is 17.1. The van der Waals surface area contributed by atoms with Crippen LogP contribution in [0, 0.1) is 0 Å². The summed E-state index contributed by atoms with van der Waals surface area (Å²) in [7, 11) is 1.29. The highest BCUT2D eigenvalue weighted by Gasteiger charge is 2.20. The molecule has 3 rings (SSSR count). The molecule has 0 aliphatic rings. The molecule has 3 aromatic rings. The predicted molar refractivity (Wildman–Crippen MR) is 90.5 cm³/mol. The lowest BCUT2D eigenvalue weighted by atomic mass is 10.1. The van der Waals surface area contributed by atoms with Crippen LogP contribution in [0.1, 0.15) is 17.3 Å². The SMILES string of the molecule is COC(=O)C(C)NC(=O)c1ccccc1-c1nc2ccccc2[nH]1. The Bertz CT molecular complexity index is 868. The third-order valence-electron chi connectivity index (χ3n) is 3.72. The molecule has 0 spiro atoms. The molecule has 0 aliphatic heterocycles. The summed E-state index contributed by atoms with van der Waals surface area (Å²) in [5.74, 6) is -0.249. The van der Waals surface area contributed by atoms with Crippen LogP contribution < -0.4 is 5.32 Å². The summed E-state index contributed by atoms with van der Waals surface area (Å²) in [5, 5.41) is 2.64. The van der Waals surface area contributed by atoms with Gasteiger partial charge in [-0.3, -0.25) is 4.79 Å². The van der Waals surface area contributed by atoms with Gasteiger partial charge in [-0.05, 0) is 25.1 Å². The summed E-state index contributed by atoms with van der Waals surface area (Å²) in [5.41, 5.74) is 2.83. The van der Waals surface area contributed by atoms with Crippen molar-refractivity contribution in [3.05, 3.63) is 54.1 Å². The number of nitrogens with one attached hydrogen (secondary N) is 2. The Morgan fingerprint density at radius 1 is 1.12 bits per heavy atom. The van der Waals surface area contributed by atoms with Crippen LogP contribution in [0.25, 0.3) is 22.4 Å². The van der Waals surface area contributed by atoms with Gasteiger partial charge in [-0.25, -0.2) is 9.78 Å². The van der Waals surface area contributed by atoms with Gasteiger partial charge in [-0.2, -0.15) is 0 Å². The van der Waals surface area contributed by atoms with E-state index >= 15 is 0 Å². The number of para-hydroxylation sites is 2. The molecule has 2 N–H and O–H groups in total. The molecule has 0 bridgehead atoms. The largest absolute Gasteiger partial charge is 0.467 e. The number of H-pyrrole nitrogens is 1. The quantitative estimate of drug-likeness (QED) is 0.723. The van der Waals surface area contributed by atoms with Gasteiger partial charge in [0.1, 0.15) is 11.9 Å². The lowest BCUT2D eigenvalue weighted by Gasteiger charge is -2.13. The fourth-order valence-corrected chi connectivity index (χ4v) is 2.48. The van der Waals surface area contributed by atoms with E-state index in [0.717, 1.165) is 11.0 Å².